The van der Waals surface area contributed by atoms with E-state index in [9.17, 15) is 43.2 Å². The van der Waals surface area contributed by atoms with E-state index in [0.717, 1.165) is 114 Å². The molecule has 0 heterocycles. The second kappa shape index (κ2) is 65.4. The molecule has 0 bridgehead atoms. The first-order chi connectivity index (χ1) is 45.7. The first-order valence-electron chi connectivity index (χ1n) is 39.3. The summed E-state index contributed by atoms with van der Waals surface area (Å²) in [5.74, 6) is 0.967. The van der Waals surface area contributed by atoms with Gasteiger partial charge in [0.1, 0.15) is 19.3 Å². The molecule has 3 N–H and O–H groups in total. The van der Waals surface area contributed by atoms with Gasteiger partial charge in [0.15, 0.2) is 12.2 Å². The molecule has 0 aromatic heterocycles. The molecule has 0 aliphatic heterocycles. The topological polar surface area (TPSA) is 237 Å². The van der Waals surface area contributed by atoms with Crippen LogP contribution in [0.4, 0.5) is 0 Å². The monoisotopic (exact) mass is 1400 g/mol. The van der Waals surface area contributed by atoms with Crippen molar-refractivity contribution in [2.45, 2.75) is 401 Å². The number of hydrogen-bond donors (Lipinski definition) is 3. The third kappa shape index (κ3) is 67.6. The van der Waals surface area contributed by atoms with Crippen LogP contribution in [0.5, 0.6) is 0 Å². The second-order valence-corrected chi connectivity index (χ2v) is 31.7. The lowest BCUT2D eigenvalue weighted by molar-refractivity contribution is -0.161. The summed E-state index contributed by atoms with van der Waals surface area (Å²) in [6.45, 7) is 14.2. The molecule has 564 valence electrons. The summed E-state index contributed by atoms with van der Waals surface area (Å²) in [6.07, 6.45) is 50.0. The summed E-state index contributed by atoms with van der Waals surface area (Å²) in [5.41, 5.74) is 0. The molecule has 0 aromatic rings. The highest BCUT2D eigenvalue weighted by Crippen LogP contribution is 2.45. The molecule has 0 rings (SSSR count). The van der Waals surface area contributed by atoms with E-state index >= 15 is 0 Å². The lowest BCUT2D eigenvalue weighted by atomic mass is 9.99. The molecule has 7 atom stereocenters. The van der Waals surface area contributed by atoms with E-state index in [1.807, 2.05) is 0 Å². The highest BCUT2D eigenvalue weighted by molar-refractivity contribution is 7.47. The van der Waals surface area contributed by atoms with Gasteiger partial charge >= 0.3 is 39.5 Å². The fourth-order valence-corrected chi connectivity index (χ4v) is 13.1. The van der Waals surface area contributed by atoms with Gasteiger partial charge in [-0.3, -0.25) is 37.3 Å². The van der Waals surface area contributed by atoms with Gasteiger partial charge in [0.05, 0.1) is 26.4 Å². The van der Waals surface area contributed by atoms with Gasteiger partial charge in [0.25, 0.3) is 0 Å². The number of rotatable bonds is 73. The Bertz CT molecular complexity index is 1870. The zero-order valence-corrected chi connectivity index (χ0v) is 64.1. The van der Waals surface area contributed by atoms with Crippen LogP contribution in [0.1, 0.15) is 383 Å². The summed E-state index contributed by atoms with van der Waals surface area (Å²) in [7, 11) is -9.91. The van der Waals surface area contributed by atoms with Crippen molar-refractivity contribution in [2.24, 2.45) is 23.7 Å². The van der Waals surface area contributed by atoms with Gasteiger partial charge in [-0.2, -0.15) is 0 Å². The predicted octanol–water partition coefficient (Wildman–Crippen LogP) is 22.0. The lowest BCUT2D eigenvalue weighted by Gasteiger charge is -2.21. The molecule has 0 saturated carbocycles. The van der Waals surface area contributed by atoms with Gasteiger partial charge in [-0.25, -0.2) is 9.13 Å². The van der Waals surface area contributed by atoms with E-state index in [2.05, 4.69) is 55.4 Å². The molecule has 17 nitrogen and oxygen atoms in total. The Morgan fingerprint density at radius 3 is 0.747 bits per heavy atom. The molecular weight excluding hydrogens is 1250 g/mol. The first kappa shape index (κ1) is 93.1. The van der Waals surface area contributed by atoms with Crippen molar-refractivity contribution in [3.8, 4) is 0 Å². The minimum atomic E-state index is -4.96. The first-order valence-corrected chi connectivity index (χ1v) is 42.3. The number of phosphoric acid groups is 2. The maximum absolute atomic E-state index is 13.1. The smallest absolute Gasteiger partial charge is 0.462 e. The van der Waals surface area contributed by atoms with E-state index in [1.54, 1.807) is 0 Å². The van der Waals surface area contributed by atoms with E-state index in [4.69, 9.17) is 37.0 Å². The van der Waals surface area contributed by atoms with Crippen molar-refractivity contribution in [1.29, 1.82) is 0 Å². The van der Waals surface area contributed by atoms with Crippen molar-refractivity contribution < 1.29 is 80.2 Å². The Hall–Kier alpha value is -1.94. The normalized spacial score (nSPS) is 14.7. The van der Waals surface area contributed by atoms with Gasteiger partial charge in [-0.15, -0.1) is 0 Å². The van der Waals surface area contributed by atoms with Crippen LogP contribution >= 0.6 is 15.6 Å². The van der Waals surface area contributed by atoms with Gasteiger partial charge in [-0.05, 0) is 49.4 Å². The van der Waals surface area contributed by atoms with Crippen LogP contribution in [-0.4, -0.2) is 96.7 Å². The number of aliphatic hydroxyl groups is 1. The predicted molar refractivity (Wildman–Crippen MR) is 386 cm³/mol. The highest BCUT2D eigenvalue weighted by atomic mass is 31.2. The summed E-state index contributed by atoms with van der Waals surface area (Å²) in [5, 5.41) is 10.6. The van der Waals surface area contributed by atoms with Crippen molar-refractivity contribution in [1.82, 2.24) is 0 Å². The van der Waals surface area contributed by atoms with Crippen LogP contribution < -0.4 is 0 Å². The number of carbonyl (C=O) groups excluding carboxylic acids is 4. The molecule has 95 heavy (non-hydrogen) atoms. The van der Waals surface area contributed by atoms with E-state index in [0.29, 0.717) is 31.6 Å². The Balaban J connectivity index is 5.23. The number of esters is 4. The molecule has 19 heteroatoms. The summed E-state index contributed by atoms with van der Waals surface area (Å²) >= 11 is 0. The van der Waals surface area contributed by atoms with Gasteiger partial charge in [0.2, 0.25) is 0 Å². The van der Waals surface area contributed by atoms with Gasteiger partial charge in [-0.1, -0.05) is 331 Å². The molecular formula is C76H148O17P2. The number of carbonyl (C=O) groups is 4. The molecule has 0 aliphatic carbocycles. The summed E-state index contributed by atoms with van der Waals surface area (Å²) in [6, 6.07) is 0. The van der Waals surface area contributed by atoms with Crippen LogP contribution in [0.25, 0.3) is 0 Å². The maximum atomic E-state index is 13.1. The van der Waals surface area contributed by atoms with Crippen molar-refractivity contribution >= 4 is 39.5 Å². The Kier molecular flexibility index (Phi) is 64.0. The fraction of sp³-hybridized carbons (Fsp3) is 0.947. The number of hydrogen-bond acceptors (Lipinski definition) is 15. The second-order valence-electron chi connectivity index (χ2n) is 28.8. The number of phosphoric ester groups is 2. The van der Waals surface area contributed by atoms with Crippen molar-refractivity contribution in [2.75, 3.05) is 39.6 Å². The maximum Gasteiger partial charge on any atom is 0.472 e. The summed E-state index contributed by atoms with van der Waals surface area (Å²) in [4.78, 5) is 72.8. The number of unbranched alkanes of at least 4 members (excludes halogenated alkanes) is 37. The molecule has 0 saturated heterocycles. The Morgan fingerprint density at radius 1 is 0.295 bits per heavy atom. The minimum absolute atomic E-state index is 0.106. The zero-order valence-electron chi connectivity index (χ0n) is 62.3. The molecule has 0 amide bonds. The average Bonchev–Trinajstić information content (AvgIpc) is 1.71. The quantitative estimate of drug-likeness (QED) is 0.0222. The Morgan fingerprint density at radius 2 is 0.505 bits per heavy atom. The SMILES string of the molecule is CCC(C)CCCCCCCCCCCCCCCCC(=O)O[C@H](COC(=O)CCCCCCCCCCC(C)CC)COP(=O)(O)OC[C@@H](O)COP(=O)(O)OC[C@@H](COC(=O)CCCCCCCCC(C)C)OC(=O)CCCCCCCCCCCCCCCC(C)C. The van der Waals surface area contributed by atoms with Gasteiger partial charge in [0, 0.05) is 25.7 Å². The van der Waals surface area contributed by atoms with E-state index < -0.39 is 97.5 Å². The van der Waals surface area contributed by atoms with Crippen molar-refractivity contribution in [3.63, 3.8) is 0 Å². The highest BCUT2D eigenvalue weighted by Gasteiger charge is 2.30. The average molecular weight is 1400 g/mol. The fourth-order valence-electron chi connectivity index (χ4n) is 11.5. The molecule has 0 aromatic carbocycles. The third-order valence-electron chi connectivity index (χ3n) is 18.3. The van der Waals surface area contributed by atoms with E-state index in [-0.39, 0.29) is 25.7 Å². The van der Waals surface area contributed by atoms with E-state index in [1.165, 1.54) is 180 Å². The van der Waals surface area contributed by atoms with Crippen LogP contribution in [0, 0.1) is 23.7 Å². The molecule has 0 radical (unpaired) electrons. The van der Waals surface area contributed by atoms with Gasteiger partial charge < -0.3 is 33.8 Å². The minimum Gasteiger partial charge on any atom is -0.462 e. The van der Waals surface area contributed by atoms with Crippen LogP contribution in [0.3, 0.4) is 0 Å². The zero-order chi connectivity index (χ0) is 70.3. The Labute approximate surface area is 581 Å². The summed E-state index contributed by atoms with van der Waals surface area (Å²) < 4.78 is 68.5. The standard InChI is InChI=1S/C76H148O17P2/c1-9-68(7)54-46-38-29-23-19-15-11-12-16-20-24-32-42-50-58-75(80)92-71(62-86-73(78)56-48-40-31-27-26-30-39-47-55-69(8)10-2)64-90-94(82,83)88-60-70(77)61-89-95(84,85)91-65-72(63-87-74(79)57-49-41-35-34-37-45-53-67(5)6)93-76(81)59-51-43-33-25-21-17-13-14-18-22-28-36-44-52-66(3)4/h66-72,77H,9-65H2,1-8H3,(H,82,83)(H,84,85)/t68?,69?,70-,71-,72-/m1/s1. The third-order valence-corrected chi connectivity index (χ3v) is 20.2. The molecule has 0 fully saturated rings. The van der Waals surface area contributed by atoms with Crippen molar-refractivity contribution in [3.05, 3.63) is 0 Å². The molecule has 4 unspecified atom stereocenters. The van der Waals surface area contributed by atoms with Crippen LogP contribution in [0.2, 0.25) is 0 Å². The largest absolute Gasteiger partial charge is 0.472 e. The van der Waals surface area contributed by atoms with Crippen LogP contribution in [0.15, 0.2) is 0 Å². The number of aliphatic hydroxyl groups excluding tert-OH is 1. The molecule has 0 spiro atoms. The number of ether oxygens (including phenoxy) is 4. The lowest BCUT2D eigenvalue weighted by Crippen LogP contribution is -2.30. The van der Waals surface area contributed by atoms with Crippen LogP contribution in [-0.2, 0) is 65.4 Å². The molecule has 0 aliphatic rings.